The molecule has 1 saturated heterocycles. The zero-order valence-electron chi connectivity index (χ0n) is 18.9. The van der Waals surface area contributed by atoms with Crippen LogP contribution in [0.4, 0.5) is 5.69 Å². The summed E-state index contributed by atoms with van der Waals surface area (Å²) in [5.41, 5.74) is 14.6. The van der Waals surface area contributed by atoms with Crippen LogP contribution in [0.15, 0.2) is 84.3 Å². The summed E-state index contributed by atoms with van der Waals surface area (Å²) in [6.45, 7) is 0.210. The molecule has 3 aliphatic rings. The van der Waals surface area contributed by atoms with Crippen LogP contribution in [-0.2, 0) is 21.5 Å². The molecule has 1 spiro atoms. The van der Waals surface area contributed by atoms with Crippen molar-refractivity contribution in [2.24, 2.45) is 11.7 Å². The number of anilines is 1. The number of ether oxygens (including phenoxy) is 1. The highest BCUT2D eigenvalue weighted by Gasteiger charge is 2.67. The average molecular weight is 518 g/mol. The number of para-hydroxylation sites is 1. The number of rotatable bonds is 3. The maximum atomic E-state index is 14.7. The topological polar surface area (TPSA) is 103 Å². The van der Waals surface area contributed by atoms with Crippen molar-refractivity contribution >= 4 is 34.8 Å². The summed E-state index contributed by atoms with van der Waals surface area (Å²) in [4.78, 5) is 16.3. The fraction of sp³-hybridized carbons (Fsp3) is 0.185. The summed E-state index contributed by atoms with van der Waals surface area (Å²) in [6.07, 6.45) is -0.636. The van der Waals surface area contributed by atoms with Gasteiger partial charge >= 0.3 is 0 Å². The smallest absolute Gasteiger partial charge is 0.244 e. The van der Waals surface area contributed by atoms with Gasteiger partial charge in [0.1, 0.15) is 17.1 Å². The first-order valence-corrected chi connectivity index (χ1v) is 12.2. The summed E-state index contributed by atoms with van der Waals surface area (Å²) in [7, 11) is 0. The Morgan fingerprint density at radius 1 is 1.06 bits per heavy atom. The summed E-state index contributed by atoms with van der Waals surface area (Å²) in [5.74, 6) is -0.809. The van der Waals surface area contributed by atoms with Crippen molar-refractivity contribution in [1.82, 2.24) is 10.9 Å². The van der Waals surface area contributed by atoms with Crippen molar-refractivity contribution in [3.8, 4) is 6.07 Å². The quantitative estimate of drug-likeness (QED) is 0.478. The van der Waals surface area contributed by atoms with Crippen LogP contribution in [0.25, 0.3) is 0 Å². The molecule has 0 bridgehead atoms. The molecule has 0 aliphatic carbocycles. The Labute approximate surface area is 218 Å². The van der Waals surface area contributed by atoms with E-state index in [-0.39, 0.29) is 29.9 Å². The van der Waals surface area contributed by atoms with Crippen LogP contribution < -0.4 is 21.5 Å². The molecule has 0 radical (unpaired) electrons. The third-order valence-corrected chi connectivity index (χ3v) is 7.86. The van der Waals surface area contributed by atoms with Crippen molar-refractivity contribution in [2.75, 3.05) is 4.90 Å². The van der Waals surface area contributed by atoms with Gasteiger partial charge in [-0.1, -0.05) is 77.8 Å². The van der Waals surface area contributed by atoms with Gasteiger partial charge in [0, 0.05) is 15.7 Å². The zero-order valence-corrected chi connectivity index (χ0v) is 20.4. The van der Waals surface area contributed by atoms with Gasteiger partial charge < -0.3 is 15.4 Å². The number of amides is 1. The second-order valence-corrected chi connectivity index (χ2v) is 9.89. The standard InChI is InChI=1S/C27H21Cl2N5O2/c28-17-11-10-16(20(29)12-17)14-34-21-9-5-4-8-18(21)27(26(34)35)19(13-30)24(31)36-25-22(27)23(32-33-25)15-6-2-1-3-7-15/h1-12,22-23,25,32-33H,14,31H2. The van der Waals surface area contributed by atoms with Gasteiger partial charge in [0.05, 0.1) is 18.5 Å². The van der Waals surface area contributed by atoms with Crippen LogP contribution in [0.3, 0.4) is 0 Å². The highest BCUT2D eigenvalue weighted by Crippen LogP contribution is 2.58. The molecule has 4 unspecified atom stereocenters. The van der Waals surface area contributed by atoms with E-state index in [1.165, 1.54) is 0 Å². The minimum atomic E-state index is -1.37. The number of benzene rings is 3. The van der Waals surface area contributed by atoms with Crippen LogP contribution in [0.1, 0.15) is 22.7 Å². The minimum absolute atomic E-state index is 0.0590. The average Bonchev–Trinajstić information content (AvgIpc) is 3.40. The molecule has 4 atom stereocenters. The zero-order chi connectivity index (χ0) is 25.0. The molecular weight excluding hydrogens is 497 g/mol. The lowest BCUT2D eigenvalue weighted by molar-refractivity contribution is -0.127. The fourth-order valence-corrected chi connectivity index (χ4v) is 6.25. The van der Waals surface area contributed by atoms with Gasteiger partial charge in [0.15, 0.2) is 6.23 Å². The molecule has 0 saturated carbocycles. The molecule has 9 heteroatoms. The molecule has 4 N–H and O–H groups in total. The molecule has 3 heterocycles. The van der Waals surface area contributed by atoms with E-state index in [1.807, 2.05) is 54.6 Å². The first kappa shape index (κ1) is 22.9. The van der Waals surface area contributed by atoms with Crippen molar-refractivity contribution in [2.45, 2.75) is 24.2 Å². The molecule has 0 aromatic heterocycles. The number of nitrogens with two attached hydrogens (primary N) is 1. The lowest BCUT2D eigenvalue weighted by Crippen LogP contribution is -2.56. The SMILES string of the molecule is N#CC1=C(N)OC2NNC(c3ccccc3)C2C12C(=O)N(Cc1ccc(Cl)cc1Cl)c1ccccc12. The van der Waals surface area contributed by atoms with Crippen LogP contribution >= 0.6 is 23.2 Å². The van der Waals surface area contributed by atoms with Gasteiger partial charge in [0.25, 0.3) is 0 Å². The summed E-state index contributed by atoms with van der Waals surface area (Å²) in [5, 5.41) is 11.3. The molecule has 7 nitrogen and oxygen atoms in total. The maximum absolute atomic E-state index is 14.7. The number of hydrogen-bond acceptors (Lipinski definition) is 6. The highest BCUT2D eigenvalue weighted by atomic mass is 35.5. The Balaban J connectivity index is 1.57. The second kappa shape index (κ2) is 8.54. The largest absolute Gasteiger partial charge is 0.458 e. The van der Waals surface area contributed by atoms with Crippen LogP contribution in [0.5, 0.6) is 0 Å². The van der Waals surface area contributed by atoms with E-state index in [9.17, 15) is 10.1 Å². The third-order valence-electron chi connectivity index (χ3n) is 7.28. The number of hydrazine groups is 1. The lowest BCUT2D eigenvalue weighted by atomic mass is 9.62. The van der Waals surface area contributed by atoms with Gasteiger partial charge in [-0.15, -0.1) is 0 Å². The Kier molecular flexibility index (Phi) is 5.43. The predicted molar refractivity (Wildman–Crippen MR) is 136 cm³/mol. The van der Waals surface area contributed by atoms with Crippen molar-refractivity contribution in [3.63, 3.8) is 0 Å². The number of nitrogens with zero attached hydrogens (tertiary/aromatic N) is 2. The summed E-state index contributed by atoms with van der Waals surface area (Å²) < 4.78 is 5.96. The lowest BCUT2D eigenvalue weighted by Gasteiger charge is -2.42. The van der Waals surface area contributed by atoms with E-state index in [0.717, 1.165) is 11.1 Å². The Morgan fingerprint density at radius 3 is 2.56 bits per heavy atom. The van der Waals surface area contributed by atoms with E-state index < -0.39 is 17.6 Å². The van der Waals surface area contributed by atoms with Crippen LogP contribution in [0, 0.1) is 17.2 Å². The molecule has 3 aromatic rings. The molecule has 1 fully saturated rings. The highest BCUT2D eigenvalue weighted by molar-refractivity contribution is 6.35. The molecule has 36 heavy (non-hydrogen) atoms. The van der Waals surface area contributed by atoms with Crippen molar-refractivity contribution in [3.05, 3.63) is 111 Å². The van der Waals surface area contributed by atoms with E-state index in [2.05, 4.69) is 16.9 Å². The monoisotopic (exact) mass is 517 g/mol. The fourth-order valence-electron chi connectivity index (χ4n) is 5.78. The minimum Gasteiger partial charge on any atom is -0.458 e. The molecular formula is C27H21Cl2N5O2. The van der Waals surface area contributed by atoms with Gasteiger partial charge in [-0.05, 0) is 34.9 Å². The molecule has 1 amide bonds. The number of carbonyl (C=O) groups is 1. The maximum Gasteiger partial charge on any atom is 0.244 e. The predicted octanol–water partition coefficient (Wildman–Crippen LogP) is 4.29. The van der Waals surface area contributed by atoms with Crippen LogP contribution in [-0.4, -0.2) is 12.1 Å². The first-order valence-electron chi connectivity index (χ1n) is 11.4. The van der Waals surface area contributed by atoms with Crippen molar-refractivity contribution < 1.29 is 9.53 Å². The number of nitriles is 1. The Bertz CT molecular complexity index is 1450. The van der Waals surface area contributed by atoms with Gasteiger partial charge in [-0.25, -0.2) is 10.9 Å². The van der Waals surface area contributed by atoms with E-state index in [4.69, 9.17) is 33.7 Å². The summed E-state index contributed by atoms with van der Waals surface area (Å²) in [6, 6.07) is 24.4. The number of nitrogens with one attached hydrogen (secondary N) is 2. The normalized spacial score (nSPS) is 26.5. The molecule has 3 aromatic carbocycles. The van der Waals surface area contributed by atoms with E-state index >= 15 is 0 Å². The van der Waals surface area contributed by atoms with Gasteiger partial charge in [-0.2, -0.15) is 5.26 Å². The Morgan fingerprint density at radius 2 is 1.81 bits per heavy atom. The van der Waals surface area contributed by atoms with E-state index in [1.54, 1.807) is 23.1 Å². The number of hydrogen-bond donors (Lipinski definition) is 3. The Hall–Kier alpha value is -3.54. The number of carbonyl (C=O) groups excluding carboxylic acids is 1. The molecule has 6 rings (SSSR count). The summed E-state index contributed by atoms with van der Waals surface area (Å²) >= 11 is 12.6. The molecule has 180 valence electrons. The van der Waals surface area contributed by atoms with Gasteiger partial charge in [-0.3, -0.25) is 4.79 Å². The van der Waals surface area contributed by atoms with Crippen molar-refractivity contribution in [1.29, 1.82) is 5.26 Å². The second-order valence-electron chi connectivity index (χ2n) is 9.04. The third kappa shape index (κ3) is 3.16. The van der Waals surface area contributed by atoms with Crippen LogP contribution in [0.2, 0.25) is 10.0 Å². The number of halogens is 2. The van der Waals surface area contributed by atoms with Gasteiger partial charge in [0.2, 0.25) is 11.8 Å². The first-order chi connectivity index (χ1) is 17.5. The number of fused-ring (bicyclic) bond motifs is 4. The molecule has 3 aliphatic heterocycles. The van der Waals surface area contributed by atoms with E-state index in [0.29, 0.717) is 21.3 Å².